The second kappa shape index (κ2) is 7.44. The van der Waals surface area contributed by atoms with Crippen molar-refractivity contribution in [1.82, 2.24) is 4.90 Å². The molecule has 0 bridgehead atoms. The van der Waals surface area contributed by atoms with Crippen molar-refractivity contribution < 1.29 is 19.1 Å². The molecule has 1 heterocycles. The predicted octanol–water partition coefficient (Wildman–Crippen LogP) is 2.67. The summed E-state index contributed by atoms with van der Waals surface area (Å²) in [6.45, 7) is 0.925. The van der Waals surface area contributed by atoms with Crippen molar-refractivity contribution in [2.45, 2.75) is 18.9 Å². The minimum absolute atomic E-state index is 0.180. The lowest BCUT2D eigenvalue weighted by molar-refractivity contribution is 0.0474. The fourth-order valence-corrected chi connectivity index (χ4v) is 2.88. The number of β-amino-alcohol motifs (C(OH)–C–C–N with tert-alkyl or cyclic N) is 1. The van der Waals surface area contributed by atoms with Crippen molar-refractivity contribution in [1.29, 1.82) is 0 Å². The topological polar surface area (TPSA) is 69.6 Å². The standard InChI is InChI=1S/C19H19FN2O3/c20-15-6-1-4-13(10-15)18(24)21-16-7-2-5-14(11-16)19(25)22-9-3-8-17(23)12-22/h1-2,4-7,10-11,17,23H,3,8-9,12H2,(H,21,24). The van der Waals surface area contributed by atoms with Crippen LogP contribution in [0.25, 0.3) is 0 Å². The van der Waals surface area contributed by atoms with Crippen LogP contribution in [0.2, 0.25) is 0 Å². The molecule has 1 aliphatic rings. The molecule has 0 radical (unpaired) electrons. The van der Waals surface area contributed by atoms with Crippen molar-refractivity contribution >= 4 is 17.5 Å². The minimum Gasteiger partial charge on any atom is -0.391 e. The van der Waals surface area contributed by atoms with E-state index in [1.54, 1.807) is 29.2 Å². The largest absolute Gasteiger partial charge is 0.391 e. The van der Waals surface area contributed by atoms with E-state index in [2.05, 4.69) is 5.32 Å². The number of aliphatic hydroxyl groups is 1. The summed E-state index contributed by atoms with van der Waals surface area (Å²) >= 11 is 0. The lowest BCUT2D eigenvalue weighted by Gasteiger charge is -2.30. The molecular formula is C19H19FN2O3. The Morgan fingerprint density at radius 2 is 1.88 bits per heavy atom. The molecule has 1 fully saturated rings. The van der Waals surface area contributed by atoms with Crippen LogP contribution in [0.5, 0.6) is 0 Å². The highest BCUT2D eigenvalue weighted by Gasteiger charge is 2.23. The summed E-state index contributed by atoms with van der Waals surface area (Å²) in [7, 11) is 0. The summed E-state index contributed by atoms with van der Waals surface area (Å²) in [5, 5.41) is 12.4. The first kappa shape index (κ1) is 17.1. The molecule has 1 aliphatic heterocycles. The molecule has 0 saturated carbocycles. The van der Waals surface area contributed by atoms with E-state index in [-0.39, 0.29) is 11.5 Å². The Labute approximate surface area is 145 Å². The number of nitrogens with one attached hydrogen (secondary N) is 1. The first-order valence-electron chi connectivity index (χ1n) is 8.17. The highest BCUT2D eigenvalue weighted by molar-refractivity contribution is 6.05. The molecule has 2 N–H and O–H groups in total. The number of halogens is 1. The van der Waals surface area contributed by atoms with Gasteiger partial charge in [0.1, 0.15) is 5.82 Å². The van der Waals surface area contributed by atoms with Crippen LogP contribution in [-0.2, 0) is 0 Å². The number of benzene rings is 2. The van der Waals surface area contributed by atoms with Gasteiger partial charge in [-0.25, -0.2) is 4.39 Å². The number of amides is 2. The number of carbonyl (C=O) groups excluding carboxylic acids is 2. The first-order chi connectivity index (χ1) is 12.0. The van der Waals surface area contributed by atoms with E-state index in [4.69, 9.17) is 0 Å². The van der Waals surface area contributed by atoms with Gasteiger partial charge in [-0.2, -0.15) is 0 Å². The number of nitrogens with zero attached hydrogens (tertiary/aromatic N) is 1. The first-order valence-corrected chi connectivity index (χ1v) is 8.17. The average Bonchev–Trinajstić information content (AvgIpc) is 2.61. The van der Waals surface area contributed by atoms with E-state index in [0.29, 0.717) is 30.8 Å². The van der Waals surface area contributed by atoms with Crippen LogP contribution in [-0.4, -0.2) is 41.0 Å². The van der Waals surface area contributed by atoms with Gasteiger partial charge in [0.2, 0.25) is 0 Å². The molecule has 3 rings (SSSR count). The van der Waals surface area contributed by atoms with Crippen molar-refractivity contribution in [3.63, 3.8) is 0 Å². The summed E-state index contributed by atoms with van der Waals surface area (Å²) in [5.74, 6) is -1.11. The summed E-state index contributed by atoms with van der Waals surface area (Å²) in [6, 6.07) is 12.0. The Balaban J connectivity index is 1.73. The van der Waals surface area contributed by atoms with E-state index in [9.17, 15) is 19.1 Å². The lowest BCUT2D eigenvalue weighted by atomic mass is 10.1. The zero-order valence-electron chi connectivity index (χ0n) is 13.6. The zero-order chi connectivity index (χ0) is 17.8. The molecule has 5 nitrogen and oxygen atoms in total. The van der Waals surface area contributed by atoms with Gasteiger partial charge in [0.15, 0.2) is 0 Å². The van der Waals surface area contributed by atoms with Gasteiger partial charge >= 0.3 is 0 Å². The molecule has 1 unspecified atom stereocenters. The van der Waals surface area contributed by atoms with Crippen LogP contribution in [0, 0.1) is 5.82 Å². The van der Waals surface area contributed by atoms with Gasteiger partial charge in [-0.05, 0) is 49.2 Å². The molecule has 6 heteroatoms. The smallest absolute Gasteiger partial charge is 0.255 e. The quantitative estimate of drug-likeness (QED) is 0.901. The van der Waals surface area contributed by atoms with Crippen LogP contribution in [0.15, 0.2) is 48.5 Å². The van der Waals surface area contributed by atoms with Crippen LogP contribution in [0.3, 0.4) is 0 Å². The van der Waals surface area contributed by atoms with Crippen molar-refractivity contribution in [3.8, 4) is 0 Å². The Morgan fingerprint density at radius 3 is 2.64 bits per heavy atom. The Kier molecular flexibility index (Phi) is 5.09. The molecule has 2 amide bonds. The monoisotopic (exact) mass is 342 g/mol. The molecule has 1 saturated heterocycles. The van der Waals surface area contributed by atoms with Crippen LogP contribution >= 0.6 is 0 Å². The average molecular weight is 342 g/mol. The fourth-order valence-electron chi connectivity index (χ4n) is 2.88. The normalized spacial score (nSPS) is 17.2. The van der Waals surface area contributed by atoms with Crippen molar-refractivity contribution in [3.05, 3.63) is 65.5 Å². The van der Waals surface area contributed by atoms with E-state index < -0.39 is 17.8 Å². The second-order valence-corrected chi connectivity index (χ2v) is 6.09. The molecule has 1 atom stereocenters. The van der Waals surface area contributed by atoms with E-state index in [0.717, 1.165) is 12.5 Å². The Hall–Kier alpha value is -2.73. The number of anilines is 1. The number of likely N-dealkylation sites (tertiary alicyclic amines) is 1. The minimum atomic E-state index is -0.492. The molecule has 0 aromatic heterocycles. The van der Waals surface area contributed by atoms with Gasteiger partial charge in [-0.1, -0.05) is 12.1 Å². The van der Waals surface area contributed by atoms with Gasteiger partial charge in [0.05, 0.1) is 6.10 Å². The number of piperidine rings is 1. The predicted molar refractivity (Wildman–Crippen MR) is 91.9 cm³/mol. The number of carbonyl (C=O) groups is 2. The third-order valence-corrected chi connectivity index (χ3v) is 4.14. The number of hydrogen-bond donors (Lipinski definition) is 2. The number of hydrogen-bond acceptors (Lipinski definition) is 3. The summed E-state index contributed by atoms with van der Waals surface area (Å²) in [5.41, 5.74) is 1.10. The van der Waals surface area contributed by atoms with Gasteiger partial charge in [0, 0.05) is 29.9 Å². The molecule has 2 aromatic rings. The highest BCUT2D eigenvalue weighted by Crippen LogP contribution is 2.17. The molecule has 2 aromatic carbocycles. The third-order valence-electron chi connectivity index (χ3n) is 4.14. The zero-order valence-corrected chi connectivity index (χ0v) is 13.6. The number of aliphatic hydroxyl groups excluding tert-OH is 1. The third kappa shape index (κ3) is 4.22. The molecule has 130 valence electrons. The van der Waals surface area contributed by atoms with Crippen LogP contribution in [0.4, 0.5) is 10.1 Å². The van der Waals surface area contributed by atoms with Crippen LogP contribution < -0.4 is 5.32 Å². The second-order valence-electron chi connectivity index (χ2n) is 6.09. The summed E-state index contributed by atoms with van der Waals surface area (Å²) in [4.78, 5) is 26.3. The maximum absolute atomic E-state index is 13.2. The van der Waals surface area contributed by atoms with E-state index in [1.807, 2.05) is 0 Å². The van der Waals surface area contributed by atoms with Crippen molar-refractivity contribution in [2.24, 2.45) is 0 Å². The van der Waals surface area contributed by atoms with Crippen molar-refractivity contribution in [2.75, 3.05) is 18.4 Å². The molecule has 0 aliphatic carbocycles. The Morgan fingerprint density at radius 1 is 1.12 bits per heavy atom. The van der Waals surface area contributed by atoms with Crippen LogP contribution in [0.1, 0.15) is 33.6 Å². The van der Waals surface area contributed by atoms with E-state index in [1.165, 1.54) is 18.2 Å². The Bertz CT molecular complexity index is 794. The molecular weight excluding hydrogens is 323 g/mol. The molecule has 0 spiro atoms. The molecule has 25 heavy (non-hydrogen) atoms. The number of rotatable bonds is 3. The summed E-state index contributed by atoms with van der Waals surface area (Å²) < 4.78 is 13.2. The maximum atomic E-state index is 13.2. The van der Waals surface area contributed by atoms with Gasteiger partial charge in [-0.3, -0.25) is 9.59 Å². The van der Waals surface area contributed by atoms with Gasteiger partial charge in [-0.15, -0.1) is 0 Å². The highest BCUT2D eigenvalue weighted by atomic mass is 19.1. The maximum Gasteiger partial charge on any atom is 0.255 e. The summed E-state index contributed by atoms with van der Waals surface area (Å²) in [6.07, 6.45) is 0.977. The lowest BCUT2D eigenvalue weighted by Crippen LogP contribution is -2.42. The fraction of sp³-hybridized carbons (Fsp3) is 0.263. The van der Waals surface area contributed by atoms with Gasteiger partial charge in [0.25, 0.3) is 11.8 Å². The SMILES string of the molecule is O=C(Nc1cccc(C(=O)N2CCCC(O)C2)c1)c1cccc(F)c1. The van der Waals surface area contributed by atoms with Gasteiger partial charge < -0.3 is 15.3 Å². The van der Waals surface area contributed by atoms with E-state index >= 15 is 0 Å².